The Bertz CT molecular complexity index is 681. The Labute approximate surface area is 143 Å². The number of hydrazone groups is 1. The minimum Gasteiger partial charge on any atom is -0.466 e. The van der Waals surface area contributed by atoms with Gasteiger partial charge in [0.1, 0.15) is 0 Å². The average molecular weight is 322 g/mol. The third kappa shape index (κ3) is 5.09. The molecule has 0 spiro atoms. The zero-order chi connectivity index (χ0) is 17.2. The normalized spacial score (nSPS) is 11.0. The molecular weight excluding hydrogens is 300 g/mol. The summed E-state index contributed by atoms with van der Waals surface area (Å²) in [6.07, 6.45) is 1.90. The molecule has 4 nitrogen and oxygen atoms in total. The van der Waals surface area contributed by atoms with Crippen molar-refractivity contribution in [1.82, 2.24) is 0 Å². The first-order valence-corrected chi connectivity index (χ1v) is 7.96. The van der Waals surface area contributed by atoms with Gasteiger partial charge in [0.2, 0.25) is 0 Å². The van der Waals surface area contributed by atoms with E-state index in [1.54, 1.807) is 13.0 Å². The first-order chi connectivity index (χ1) is 11.7. The number of hydrogen-bond acceptors (Lipinski definition) is 4. The van der Waals surface area contributed by atoms with Gasteiger partial charge in [-0.15, -0.1) is 6.58 Å². The van der Waals surface area contributed by atoms with Crippen LogP contribution in [0.4, 0.5) is 5.69 Å². The van der Waals surface area contributed by atoms with Crippen LogP contribution in [0.2, 0.25) is 0 Å². The molecule has 2 aromatic carbocycles. The zero-order valence-corrected chi connectivity index (χ0v) is 13.9. The number of esters is 1. The highest BCUT2D eigenvalue weighted by Gasteiger charge is 2.13. The lowest BCUT2D eigenvalue weighted by molar-refractivity contribution is -0.141. The fourth-order valence-electron chi connectivity index (χ4n) is 2.25. The quantitative estimate of drug-likeness (QED) is 0.319. The molecule has 0 amide bonds. The van der Waals surface area contributed by atoms with Crippen molar-refractivity contribution in [3.8, 4) is 0 Å². The van der Waals surface area contributed by atoms with Crippen molar-refractivity contribution in [1.29, 1.82) is 0 Å². The highest BCUT2D eigenvalue weighted by Crippen LogP contribution is 2.16. The van der Waals surface area contributed by atoms with Crippen LogP contribution >= 0.6 is 0 Å². The molecule has 0 N–H and O–H groups in total. The second-order valence-corrected chi connectivity index (χ2v) is 5.10. The third-order valence-electron chi connectivity index (χ3n) is 3.32. The van der Waals surface area contributed by atoms with Crippen molar-refractivity contribution in [3.05, 3.63) is 78.9 Å². The SMILES string of the molecule is C=CCN(N=C(CC(=O)OCC)c1ccccc1)c1ccccc1. The Kier molecular flexibility index (Phi) is 6.77. The highest BCUT2D eigenvalue weighted by molar-refractivity contribution is 6.09. The molecule has 0 bridgehead atoms. The summed E-state index contributed by atoms with van der Waals surface area (Å²) in [4.78, 5) is 12.0. The minimum absolute atomic E-state index is 0.123. The van der Waals surface area contributed by atoms with Crippen LogP contribution in [-0.2, 0) is 9.53 Å². The van der Waals surface area contributed by atoms with E-state index in [2.05, 4.69) is 6.58 Å². The summed E-state index contributed by atoms with van der Waals surface area (Å²) >= 11 is 0. The Morgan fingerprint density at radius 1 is 1.12 bits per heavy atom. The van der Waals surface area contributed by atoms with Crippen LogP contribution < -0.4 is 5.01 Å². The summed E-state index contributed by atoms with van der Waals surface area (Å²) in [6, 6.07) is 19.5. The lowest BCUT2D eigenvalue weighted by Gasteiger charge is -2.19. The minimum atomic E-state index is -0.285. The van der Waals surface area contributed by atoms with Crippen LogP contribution in [0.5, 0.6) is 0 Å². The van der Waals surface area contributed by atoms with E-state index in [0.717, 1.165) is 11.3 Å². The molecule has 0 aliphatic heterocycles. The van der Waals surface area contributed by atoms with Crippen LogP contribution in [0.25, 0.3) is 0 Å². The number of carbonyl (C=O) groups is 1. The van der Waals surface area contributed by atoms with Crippen molar-refractivity contribution in [2.75, 3.05) is 18.2 Å². The summed E-state index contributed by atoms with van der Waals surface area (Å²) in [6.45, 7) is 6.49. The maximum absolute atomic E-state index is 12.0. The van der Waals surface area contributed by atoms with Gasteiger partial charge in [0.25, 0.3) is 0 Å². The van der Waals surface area contributed by atoms with E-state index >= 15 is 0 Å². The Hall–Kier alpha value is -2.88. The Balaban J connectivity index is 2.37. The largest absolute Gasteiger partial charge is 0.466 e. The molecule has 0 heterocycles. The van der Waals surface area contributed by atoms with Crippen LogP contribution in [-0.4, -0.2) is 24.8 Å². The molecule has 0 radical (unpaired) electrons. The monoisotopic (exact) mass is 322 g/mol. The van der Waals surface area contributed by atoms with Gasteiger partial charge in [0, 0.05) is 0 Å². The Morgan fingerprint density at radius 3 is 2.33 bits per heavy atom. The van der Waals surface area contributed by atoms with Crippen molar-refractivity contribution in [2.24, 2.45) is 5.10 Å². The molecule has 0 saturated heterocycles. The molecule has 4 heteroatoms. The lowest BCUT2D eigenvalue weighted by atomic mass is 10.1. The van der Waals surface area contributed by atoms with Crippen LogP contribution in [0.3, 0.4) is 0 Å². The standard InChI is InChI=1S/C20H22N2O2/c1-3-15-22(18-13-9-6-10-14-18)21-19(16-20(23)24-4-2)17-11-7-5-8-12-17/h3,5-14H,1,4,15-16H2,2H3. The van der Waals surface area contributed by atoms with Crippen molar-refractivity contribution >= 4 is 17.4 Å². The van der Waals surface area contributed by atoms with E-state index < -0.39 is 0 Å². The molecule has 2 rings (SSSR count). The second kappa shape index (κ2) is 9.30. The number of ether oxygens (including phenoxy) is 1. The number of nitrogens with zero attached hydrogens (tertiary/aromatic N) is 2. The highest BCUT2D eigenvalue weighted by atomic mass is 16.5. The van der Waals surface area contributed by atoms with Gasteiger partial charge in [0.05, 0.1) is 31.0 Å². The van der Waals surface area contributed by atoms with Gasteiger partial charge in [-0.25, -0.2) is 0 Å². The van der Waals surface area contributed by atoms with Crippen molar-refractivity contribution in [2.45, 2.75) is 13.3 Å². The van der Waals surface area contributed by atoms with E-state index in [4.69, 9.17) is 9.84 Å². The molecule has 2 aromatic rings. The van der Waals surface area contributed by atoms with Gasteiger partial charge < -0.3 is 4.74 Å². The summed E-state index contributed by atoms with van der Waals surface area (Å²) in [7, 11) is 0. The number of anilines is 1. The van der Waals surface area contributed by atoms with Gasteiger partial charge in [0.15, 0.2) is 0 Å². The van der Waals surface area contributed by atoms with E-state index in [9.17, 15) is 4.79 Å². The van der Waals surface area contributed by atoms with Gasteiger partial charge in [-0.1, -0.05) is 54.6 Å². The van der Waals surface area contributed by atoms with Crippen LogP contribution in [0, 0.1) is 0 Å². The topological polar surface area (TPSA) is 41.9 Å². The van der Waals surface area contributed by atoms with Gasteiger partial charge in [-0.2, -0.15) is 5.10 Å². The number of hydrogen-bond donors (Lipinski definition) is 0. The van der Waals surface area contributed by atoms with E-state index in [1.807, 2.05) is 65.7 Å². The van der Waals surface area contributed by atoms with Crippen LogP contribution in [0.15, 0.2) is 78.4 Å². The predicted molar refractivity (Wildman–Crippen MR) is 98.2 cm³/mol. The maximum atomic E-state index is 12.0. The summed E-state index contributed by atoms with van der Waals surface area (Å²) in [5.74, 6) is -0.285. The predicted octanol–water partition coefficient (Wildman–Crippen LogP) is 4.04. The molecule has 0 aliphatic carbocycles. The van der Waals surface area contributed by atoms with E-state index in [0.29, 0.717) is 18.9 Å². The maximum Gasteiger partial charge on any atom is 0.311 e. The molecule has 0 aliphatic rings. The number of carbonyl (C=O) groups excluding carboxylic acids is 1. The van der Waals surface area contributed by atoms with E-state index in [1.165, 1.54) is 0 Å². The van der Waals surface area contributed by atoms with Crippen LogP contribution in [0.1, 0.15) is 18.9 Å². The molecule has 0 unspecified atom stereocenters. The number of rotatable bonds is 8. The first-order valence-electron chi connectivity index (χ1n) is 7.96. The van der Waals surface area contributed by atoms with Crippen molar-refractivity contribution < 1.29 is 9.53 Å². The molecular formula is C20H22N2O2. The first kappa shape index (κ1) is 17.5. The fourth-order valence-corrected chi connectivity index (χ4v) is 2.25. The summed E-state index contributed by atoms with van der Waals surface area (Å²) < 4.78 is 5.08. The molecule has 0 fully saturated rings. The second-order valence-electron chi connectivity index (χ2n) is 5.10. The lowest BCUT2D eigenvalue weighted by Crippen LogP contribution is -2.21. The fraction of sp³-hybridized carbons (Fsp3) is 0.200. The summed E-state index contributed by atoms with van der Waals surface area (Å²) in [5, 5.41) is 6.53. The van der Waals surface area contributed by atoms with Gasteiger partial charge in [-0.3, -0.25) is 9.80 Å². The molecule has 0 saturated carbocycles. The number of para-hydroxylation sites is 1. The molecule has 0 aromatic heterocycles. The molecule has 124 valence electrons. The molecule has 0 atom stereocenters. The summed E-state index contributed by atoms with van der Waals surface area (Å²) in [5.41, 5.74) is 2.50. The Morgan fingerprint density at radius 2 is 1.75 bits per heavy atom. The number of benzene rings is 2. The van der Waals surface area contributed by atoms with E-state index in [-0.39, 0.29) is 12.4 Å². The van der Waals surface area contributed by atoms with Crippen molar-refractivity contribution in [3.63, 3.8) is 0 Å². The smallest absolute Gasteiger partial charge is 0.311 e. The van der Waals surface area contributed by atoms with Gasteiger partial charge >= 0.3 is 5.97 Å². The average Bonchev–Trinajstić information content (AvgIpc) is 2.62. The third-order valence-corrected chi connectivity index (χ3v) is 3.32. The zero-order valence-electron chi connectivity index (χ0n) is 13.9. The molecule has 24 heavy (non-hydrogen) atoms. The van der Waals surface area contributed by atoms with Gasteiger partial charge in [-0.05, 0) is 24.6 Å².